The lowest BCUT2D eigenvalue weighted by atomic mass is 10.0. The molecule has 1 aromatic carbocycles. The van der Waals surface area contributed by atoms with E-state index in [1.807, 2.05) is 6.26 Å². The van der Waals surface area contributed by atoms with Gasteiger partial charge >= 0.3 is 5.97 Å². The van der Waals surface area contributed by atoms with Gasteiger partial charge in [-0.1, -0.05) is 6.07 Å². The Morgan fingerprint density at radius 1 is 1.42 bits per heavy atom. The first kappa shape index (κ1) is 15.5. The second-order valence-electron chi connectivity index (χ2n) is 4.74. The molecule has 0 bridgehead atoms. The molecule has 0 aliphatic carbocycles. The highest BCUT2D eigenvalue weighted by atomic mass is 32.2. The van der Waals surface area contributed by atoms with Gasteiger partial charge in [0.05, 0.1) is 11.1 Å². The molecule has 104 valence electrons. The normalized spacial score (nSPS) is 11.2. The Labute approximate surface area is 115 Å². The van der Waals surface area contributed by atoms with Crippen molar-refractivity contribution >= 4 is 23.6 Å². The first-order chi connectivity index (χ1) is 8.78. The number of amides is 1. The molecule has 0 aliphatic heterocycles. The van der Waals surface area contributed by atoms with Gasteiger partial charge in [0.15, 0.2) is 0 Å². The first-order valence-electron chi connectivity index (χ1n) is 5.62. The van der Waals surface area contributed by atoms with Gasteiger partial charge in [-0.05, 0) is 32.2 Å². The number of aromatic carboxylic acids is 1. The molecule has 0 saturated carbocycles. The van der Waals surface area contributed by atoms with E-state index in [1.165, 1.54) is 23.9 Å². The number of nitrogens with one attached hydrogen (secondary N) is 1. The Kier molecular flexibility index (Phi) is 4.94. The van der Waals surface area contributed by atoms with E-state index in [2.05, 4.69) is 5.32 Å². The van der Waals surface area contributed by atoms with Crippen molar-refractivity contribution in [1.82, 2.24) is 5.32 Å². The van der Waals surface area contributed by atoms with Crippen molar-refractivity contribution in [2.75, 3.05) is 12.0 Å². The molecule has 0 atom stereocenters. The van der Waals surface area contributed by atoms with E-state index in [4.69, 9.17) is 5.11 Å². The van der Waals surface area contributed by atoms with Gasteiger partial charge < -0.3 is 10.4 Å². The van der Waals surface area contributed by atoms with Crippen molar-refractivity contribution < 1.29 is 19.1 Å². The van der Waals surface area contributed by atoms with E-state index in [9.17, 15) is 14.0 Å². The summed E-state index contributed by atoms with van der Waals surface area (Å²) < 4.78 is 13.7. The molecule has 0 spiro atoms. The van der Waals surface area contributed by atoms with Gasteiger partial charge in [0.25, 0.3) is 5.91 Å². The minimum Gasteiger partial charge on any atom is -0.478 e. The van der Waals surface area contributed by atoms with E-state index >= 15 is 0 Å². The summed E-state index contributed by atoms with van der Waals surface area (Å²) in [7, 11) is 0. The molecule has 0 aliphatic rings. The molecule has 4 nitrogen and oxygen atoms in total. The van der Waals surface area contributed by atoms with Gasteiger partial charge in [-0.2, -0.15) is 11.8 Å². The molecule has 19 heavy (non-hydrogen) atoms. The predicted molar refractivity (Wildman–Crippen MR) is 73.3 cm³/mol. The summed E-state index contributed by atoms with van der Waals surface area (Å²) in [6.45, 7) is 3.59. The van der Waals surface area contributed by atoms with E-state index in [-0.39, 0.29) is 5.56 Å². The Balaban J connectivity index is 3.10. The van der Waals surface area contributed by atoms with E-state index in [1.54, 1.807) is 13.8 Å². The quantitative estimate of drug-likeness (QED) is 0.871. The van der Waals surface area contributed by atoms with E-state index < -0.39 is 28.8 Å². The zero-order valence-corrected chi connectivity index (χ0v) is 11.8. The van der Waals surface area contributed by atoms with Crippen LogP contribution in [0.1, 0.15) is 34.6 Å². The SMILES string of the molecule is CSCC(C)(C)NC(=O)c1c(F)cccc1C(=O)O. The summed E-state index contributed by atoms with van der Waals surface area (Å²) in [5.74, 6) is -2.24. The largest absolute Gasteiger partial charge is 0.478 e. The summed E-state index contributed by atoms with van der Waals surface area (Å²) in [5.41, 5.74) is -1.31. The van der Waals surface area contributed by atoms with Crippen LogP contribution in [0.5, 0.6) is 0 Å². The van der Waals surface area contributed by atoms with Crippen LogP contribution in [-0.2, 0) is 0 Å². The van der Waals surface area contributed by atoms with Gasteiger partial charge in [-0.25, -0.2) is 9.18 Å². The highest BCUT2D eigenvalue weighted by Gasteiger charge is 2.26. The summed E-state index contributed by atoms with van der Waals surface area (Å²) in [6.07, 6.45) is 1.89. The number of carboxylic acids is 1. The lowest BCUT2D eigenvalue weighted by Gasteiger charge is -2.25. The number of carboxylic acid groups (broad SMARTS) is 1. The fourth-order valence-electron chi connectivity index (χ4n) is 1.70. The van der Waals surface area contributed by atoms with Gasteiger partial charge in [-0.15, -0.1) is 0 Å². The zero-order chi connectivity index (χ0) is 14.6. The highest BCUT2D eigenvalue weighted by molar-refractivity contribution is 7.98. The summed E-state index contributed by atoms with van der Waals surface area (Å²) >= 11 is 1.54. The van der Waals surface area contributed by atoms with Crippen LogP contribution in [-0.4, -0.2) is 34.5 Å². The first-order valence-corrected chi connectivity index (χ1v) is 7.01. The number of rotatable bonds is 5. The molecule has 6 heteroatoms. The molecule has 0 saturated heterocycles. The van der Waals surface area contributed by atoms with Crippen LogP contribution < -0.4 is 5.32 Å². The number of halogens is 1. The predicted octanol–water partition coefficient (Wildman–Crippen LogP) is 2.40. The Morgan fingerprint density at radius 2 is 2.05 bits per heavy atom. The van der Waals surface area contributed by atoms with Crippen molar-refractivity contribution in [2.45, 2.75) is 19.4 Å². The summed E-state index contributed by atoms with van der Waals surface area (Å²) in [4.78, 5) is 23.1. The van der Waals surface area contributed by atoms with Gasteiger partial charge in [-0.3, -0.25) is 4.79 Å². The highest BCUT2D eigenvalue weighted by Crippen LogP contribution is 2.16. The smallest absolute Gasteiger partial charge is 0.336 e. The maximum Gasteiger partial charge on any atom is 0.336 e. The van der Waals surface area contributed by atoms with Crippen molar-refractivity contribution in [1.29, 1.82) is 0 Å². The standard InChI is InChI=1S/C13H16FNO3S/c1-13(2,7-19-3)15-11(16)10-8(12(17)18)5-4-6-9(10)14/h4-6H,7H2,1-3H3,(H,15,16)(H,17,18). The average Bonchev–Trinajstić information content (AvgIpc) is 2.27. The number of hydrogen-bond acceptors (Lipinski definition) is 3. The van der Waals surface area contributed by atoms with Crippen LogP contribution in [0.25, 0.3) is 0 Å². The Bertz CT molecular complexity index is 503. The number of hydrogen-bond donors (Lipinski definition) is 2. The number of thioether (sulfide) groups is 1. The molecule has 0 fully saturated rings. The van der Waals surface area contributed by atoms with Crippen molar-refractivity contribution in [3.8, 4) is 0 Å². The molecule has 0 unspecified atom stereocenters. The van der Waals surface area contributed by atoms with Crippen LogP contribution >= 0.6 is 11.8 Å². The molecule has 2 N–H and O–H groups in total. The van der Waals surface area contributed by atoms with Gasteiger partial charge in [0.2, 0.25) is 0 Å². The molecular formula is C13H16FNO3S. The maximum atomic E-state index is 13.7. The third-order valence-electron chi connectivity index (χ3n) is 2.43. The molecule has 1 amide bonds. The maximum absolute atomic E-state index is 13.7. The minimum atomic E-state index is -1.33. The topological polar surface area (TPSA) is 66.4 Å². The van der Waals surface area contributed by atoms with Crippen molar-refractivity contribution in [2.24, 2.45) is 0 Å². The van der Waals surface area contributed by atoms with Crippen molar-refractivity contribution in [3.05, 3.63) is 35.1 Å². The van der Waals surface area contributed by atoms with Crippen LogP contribution in [0, 0.1) is 5.82 Å². The number of carbonyl (C=O) groups excluding carboxylic acids is 1. The fourth-order valence-corrected chi connectivity index (χ4v) is 2.49. The van der Waals surface area contributed by atoms with Gasteiger partial charge in [0.1, 0.15) is 5.82 Å². The Morgan fingerprint density at radius 3 is 2.58 bits per heavy atom. The van der Waals surface area contributed by atoms with Crippen LogP contribution in [0.4, 0.5) is 4.39 Å². The second-order valence-corrected chi connectivity index (χ2v) is 5.60. The second kappa shape index (κ2) is 6.06. The van der Waals surface area contributed by atoms with Gasteiger partial charge in [0, 0.05) is 11.3 Å². The molecule has 0 aromatic heterocycles. The minimum absolute atomic E-state index is 0.336. The third kappa shape index (κ3) is 3.96. The van der Waals surface area contributed by atoms with Crippen LogP contribution in [0.2, 0.25) is 0 Å². The number of carbonyl (C=O) groups is 2. The van der Waals surface area contributed by atoms with Crippen molar-refractivity contribution in [3.63, 3.8) is 0 Å². The summed E-state index contributed by atoms with van der Waals surface area (Å²) in [5, 5.41) is 11.6. The van der Waals surface area contributed by atoms with Crippen LogP contribution in [0.3, 0.4) is 0 Å². The average molecular weight is 285 g/mol. The lowest BCUT2D eigenvalue weighted by molar-refractivity contribution is 0.0688. The molecule has 1 aromatic rings. The molecular weight excluding hydrogens is 269 g/mol. The van der Waals surface area contributed by atoms with E-state index in [0.717, 1.165) is 6.07 Å². The zero-order valence-electron chi connectivity index (χ0n) is 11.0. The summed E-state index contributed by atoms with van der Waals surface area (Å²) in [6, 6.07) is 3.55. The van der Waals surface area contributed by atoms with Crippen LogP contribution in [0.15, 0.2) is 18.2 Å². The Hall–Kier alpha value is -1.56. The molecule has 1 rings (SSSR count). The third-order valence-corrected chi connectivity index (χ3v) is 3.44. The lowest BCUT2D eigenvalue weighted by Crippen LogP contribution is -2.46. The monoisotopic (exact) mass is 285 g/mol. The molecule has 0 heterocycles. The number of benzene rings is 1. The fraction of sp³-hybridized carbons (Fsp3) is 0.385. The molecule has 0 radical (unpaired) electrons. The van der Waals surface area contributed by atoms with E-state index in [0.29, 0.717) is 5.75 Å².